The summed E-state index contributed by atoms with van der Waals surface area (Å²) < 4.78 is 17.6. The highest BCUT2D eigenvalue weighted by atomic mass is 16.5. The van der Waals surface area contributed by atoms with Crippen molar-refractivity contribution in [2.45, 2.75) is 33.3 Å². The molecule has 10 nitrogen and oxygen atoms in total. The molecule has 2 aliphatic heterocycles. The number of hydrogen-bond acceptors (Lipinski definition) is 8. The van der Waals surface area contributed by atoms with E-state index >= 15 is 0 Å². The smallest absolute Gasteiger partial charge is 0.327 e. The first-order valence-electron chi connectivity index (χ1n) is 14.0. The maximum absolute atomic E-state index is 13.5. The molecule has 0 spiro atoms. The molecule has 2 aliphatic rings. The molecule has 3 heterocycles. The van der Waals surface area contributed by atoms with Crippen molar-refractivity contribution in [3.05, 3.63) is 65.4 Å². The molecule has 1 fully saturated rings. The Morgan fingerprint density at radius 3 is 2.67 bits per heavy atom. The molecular formula is C30H38N6O4. The summed E-state index contributed by atoms with van der Waals surface area (Å²) in [4.78, 5) is 26.6. The number of aromatic nitrogens is 2. The number of urea groups is 1. The van der Waals surface area contributed by atoms with Gasteiger partial charge in [-0.3, -0.25) is 9.80 Å². The van der Waals surface area contributed by atoms with Crippen molar-refractivity contribution in [1.29, 1.82) is 0 Å². The van der Waals surface area contributed by atoms with Crippen LogP contribution in [0.2, 0.25) is 0 Å². The van der Waals surface area contributed by atoms with E-state index in [-0.39, 0.29) is 6.03 Å². The van der Waals surface area contributed by atoms with Crippen molar-refractivity contribution in [3.8, 4) is 5.75 Å². The van der Waals surface area contributed by atoms with Crippen molar-refractivity contribution >= 4 is 29.2 Å². The number of carbonyl (C=O) groups excluding carboxylic acids is 1. The minimum absolute atomic E-state index is 0.226. The number of para-hydroxylation sites is 1. The molecule has 2 N–H and O–H groups in total. The Hall–Kier alpha value is -3.73. The number of ether oxygens (including phenoxy) is 3. The van der Waals surface area contributed by atoms with Gasteiger partial charge in [-0.15, -0.1) is 0 Å². The molecule has 0 saturated carbocycles. The molecule has 2 aromatic carbocycles. The number of carbonyl (C=O) groups is 1. The minimum atomic E-state index is -0.226. The van der Waals surface area contributed by atoms with Crippen LogP contribution in [0.1, 0.15) is 29.5 Å². The van der Waals surface area contributed by atoms with Crippen LogP contribution in [0.5, 0.6) is 5.75 Å². The summed E-state index contributed by atoms with van der Waals surface area (Å²) in [5.74, 6) is 1.75. The Labute approximate surface area is 235 Å². The van der Waals surface area contributed by atoms with Crippen LogP contribution in [0.3, 0.4) is 0 Å². The summed E-state index contributed by atoms with van der Waals surface area (Å²) in [5.41, 5.74) is 4.63. The van der Waals surface area contributed by atoms with Crippen molar-refractivity contribution in [2.75, 3.05) is 68.1 Å². The van der Waals surface area contributed by atoms with Gasteiger partial charge in [0.25, 0.3) is 0 Å². The van der Waals surface area contributed by atoms with Gasteiger partial charge in [0.15, 0.2) is 0 Å². The lowest BCUT2D eigenvalue weighted by atomic mass is 10.1. The number of fused-ring (bicyclic) bond motifs is 4. The third kappa shape index (κ3) is 7.26. The Kier molecular flexibility index (Phi) is 9.43. The standard InChI is InChI=1S/C30H38N6O4/c1-22-6-5-7-23(2)28(22)34-30(37)36-12-3-4-16-39-21-24-20-25(32-29-31-11-10-27(36)33-29)8-9-26(24)40-19-15-35-13-17-38-18-14-35/h5-11,20H,3-4,12-19,21H2,1-2H3,(H,34,37)(H,31,32,33). The highest BCUT2D eigenvalue weighted by Gasteiger charge is 2.20. The molecule has 212 valence electrons. The van der Waals surface area contributed by atoms with Crippen molar-refractivity contribution in [2.24, 2.45) is 0 Å². The zero-order chi connectivity index (χ0) is 27.7. The summed E-state index contributed by atoms with van der Waals surface area (Å²) in [7, 11) is 0. The summed E-state index contributed by atoms with van der Waals surface area (Å²) in [5, 5.41) is 6.38. The second-order valence-electron chi connectivity index (χ2n) is 10.1. The molecule has 1 aromatic heterocycles. The summed E-state index contributed by atoms with van der Waals surface area (Å²) in [6, 6.07) is 13.4. The predicted octanol–water partition coefficient (Wildman–Crippen LogP) is 4.90. The van der Waals surface area contributed by atoms with Crippen LogP contribution in [-0.4, -0.2) is 73.5 Å². The van der Waals surface area contributed by atoms with Gasteiger partial charge >= 0.3 is 6.03 Å². The number of nitrogens with one attached hydrogen (secondary N) is 2. The molecule has 5 rings (SSSR count). The normalized spacial score (nSPS) is 16.5. The van der Waals surface area contributed by atoms with Gasteiger partial charge in [0.05, 0.1) is 19.8 Å². The Bertz CT molecular complexity index is 1280. The van der Waals surface area contributed by atoms with Crippen LogP contribution in [0, 0.1) is 13.8 Å². The molecule has 10 heteroatoms. The zero-order valence-corrected chi connectivity index (χ0v) is 23.3. The lowest BCUT2D eigenvalue weighted by Crippen LogP contribution is -2.38. The van der Waals surface area contributed by atoms with Gasteiger partial charge in [0.1, 0.15) is 18.2 Å². The molecule has 4 bridgehead atoms. The van der Waals surface area contributed by atoms with Gasteiger partial charge in [-0.1, -0.05) is 18.2 Å². The predicted molar refractivity (Wildman–Crippen MR) is 156 cm³/mol. The van der Waals surface area contributed by atoms with Crippen LogP contribution in [-0.2, 0) is 16.1 Å². The summed E-state index contributed by atoms with van der Waals surface area (Å²) >= 11 is 0. The number of nitrogens with zero attached hydrogens (tertiary/aromatic N) is 4. The zero-order valence-electron chi connectivity index (χ0n) is 23.3. The third-order valence-corrected chi connectivity index (χ3v) is 7.14. The van der Waals surface area contributed by atoms with Crippen LogP contribution >= 0.6 is 0 Å². The fourth-order valence-corrected chi connectivity index (χ4v) is 4.87. The molecule has 1 saturated heterocycles. The molecule has 0 unspecified atom stereocenters. The van der Waals surface area contributed by atoms with Crippen LogP contribution in [0.4, 0.5) is 27.9 Å². The number of anilines is 4. The Balaban J connectivity index is 1.32. The van der Waals surface area contributed by atoms with Crippen LogP contribution < -0.4 is 20.3 Å². The SMILES string of the molecule is Cc1cccc(C)c1NC(=O)N1CCCCOCc2cc(ccc2OCCN2CCOCC2)Nc2nccc1n2. The van der Waals surface area contributed by atoms with Crippen LogP contribution in [0.25, 0.3) is 0 Å². The molecular weight excluding hydrogens is 508 g/mol. The van der Waals surface area contributed by atoms with E-state index in [2.05, 4.69) is 20.5 Å². The van der Waals surface area contributed by atoms with E-state index in [0.29, 0.717) is 38.1 Å². The van der Waals surface area contributed by atoms with Gasteiger partial charge in [0, 0.05) is 55.9 Å². The second kappa shape index (κ2) is 13.6. The quantitative estimate of drug-likeness (QED) is 0.466. The average Bonchev–Trinajstić information content (AvgIpc) is 2.96. The van der Waals surface area contributed by atoms with Crippen molar-refractivity contribution < 1.29 is 19.0 Å². The largest absolute Gasteiger partial charge is 0.492 e. The van der Waals surface area contributed by atoms with Gasteiger partial charge < -0.3 is 24.8 Å². The number of hydrogen-bond donors (Lipinski definition) is 2. The highest BCUT2D eigenvalue weighted by Crippen LogP contribution is 2.27. The van der Waals surface area contributed by atoms with Gasteiger partial charge in [-0.25, -0.2) is 9.78 Å². The maximum atomic E-state index is 13.5. The number of benzene rings is 2. The Morgan fingerprint density at radius 2 is 1.85 bits per heavy atom. The fraction of sp³-hybridized carbons (Fsp3) is 0.433. The molecule has 0 aliphatic carbocycles. The van der Waals surface area contributed by atoms with E-state index in [4.69, 9.17) is 19.2 Å². The molecule has 0 atom stereocenters. The molecule has 2 amide bonds. The van der Waals surface area contributed by atoms with E-state index in [1.54, 1.807) is 17.2 Å². The number of rotatable bonds is 5. The first-order chi connectivity index (χ1) is 19.6. The molecule has 40 heavy (non-hydrogen) atoms. The minimum Gasteiger partial charge on any atom is -0.492 e. The van der Waals surface area contributed by atoms with Gasteiger partial charge in [-0.05, 0) is 62.1 Å². The average molecular weight is 547 g/mol. The monoisotopic (exact) mass is 546 g/mol. The molecule has 3 aromatic rings. The second-order valence-corrected chi connectivity index (χ2v) is 10.1. The number of aryl methyl sites for hydroxylation is 2. The topological polar surface area (TPSA) is 101 Å². The molecule has 0 radical (unpaired) electrons. The van der Waals surface area contributed by atoms with E-state index < -0.39 is 0 Å². The van der Waals surface area contributed by atoms with Crippen molar-refractivity contribution in [1.82, 2.24) is 14.9 Å². The highest BCUT2D eigenvalue weighted by molar-refractivity contribution is 6.02. The van der Waals surface area contributed by atoms with Crippen LogP contribution in [0.15, 0.2) is 48.7 Å². The number of morpholine rings is 1. The van der Waals surface area contributed by atoms with E-state index in [1.807, 2.05) is 50.2 Å². The van der Waals surface area contributed by atoms with E-state index in [1.165, 1.54) is 0 Å². The first-order valence-corrected chi connectivity index (χ1v) is 14.0. The van der Waals surface area contributed by atoms with Gasteiger partial charge in [0.2, 0.25) is 5.95 Å². The third-order valence-electron chi connectivity index (χ3n) is 7.14. The lowest BCUT2D eigenvalue weighted by Gasteiger charge is -2.26. The summed E-state index contributed by atoms with van der Waals surface area (Å²) in [6.07, 6.45) is 3.23. The maximum Gasteiger partial charge on any atom is 0.327 e. The first kappa shape index (κ1) is 27.8. The van der Waals surface area contributed by atoms with E-state index in [0.717, 1.165) is 79.5 Å². The number of amides is 2. The fourth-order valence-electron chi connectivity index (χ4n) is 4.87. The van der Waals surface area contributed by atoms with Crippen molar-refractivity contribution in [3.63, 3.8) is 0 Å². The van der Waals surface area contributed by atoms with Gasteiger partial charge in [-0.2, -0.15) is 4.98 Å². The summed E-state index contributed by atoms with van der Waals surface area (Å²) in [6.45, 7) is 10.4. The van der Waals surface area contributed by atoms with E-state index in [9.17, 15) is 4.79 Å². The Morgan fingerprint density at radius 1 is 1.02 bits per heavy atom. The lowest BCUT2D eigenvalue weighted by molar-refractivity contribution is 0.0320.